The third-order valence-electron chi connectivity index (χ3n) is 2.65. The molecule has 2 rings (SSSR count). The number of benzene rings is 2. The van der Waals surface area contributed by atoms with Crippen LogP contribution in [0.2, 0.25) is 0 Å². The smallest absolute Gasteiger partial charge is 0.497 e. The topological polar surface area (TPSA) is 42.5 Å². The zero-order valence-corrected chi connectivity index (χ0v) is 12.8. The third-order valence-corrected chi connectivity index (χ3v) is 2.86. The second-order valence-corrected chi connectivity index (χ2v) is 4.79. The van der Waals surface area contributed by atoms with Crippen LogP contribution in [0.3, 0.4) is 0 Å². The van der Waals surface area contributed by atoms with Crippen LogP contribution in [0.4, 0.5) is 24.5 Å². The van der Waals surface area contributed by atoms with Crippen molar-refractivity contribution >= 4 is 28.7 Å². The van der Waals surface area contributed by atoms with Crippen LogP contribution in [0.1, 0.15) is 0 Å². The summed E-state index contributed by atoms with van der Waals surface area (Å²) < 4.78 is 45.5. The summed E-state index contributed by atoms with van der Waals surface area (Å²) in [4.78, 5) is 0. The van der Waals surface area contributed by atoms with Crippen LogP contribution in [0.5, 0.6) is 11.5 Å². The van der Waals surface area contributed by atoms with E-state index in [2.05, 4.69) is 15.4 Å². The number of anilines is 2. The van der Waals surface area contributed by atoms with Gasteiger partial charge >= 0.3 is 6.36 Å². The predicted octanol–water partition coefficient (Wildman–Crippen LogP) is 4.40. The Morgan fingerprint density at radius 2 is 1.48 bits per heavy atom. The Labute approximate surface area is 136 Å². The van der Waals surface area contributed by atoms with Crippen LogP contribution in [0.25, 0.3) is 0 Å². The number of methoxy groups -OCH3 is 1. The van der Waals surface area contributed by atoms with Gasteiger partial charge in [0.25, 0.3) is 0 Å². The molecule has 0 spiro atoms. The molecule has 0 saturated carbocycles. The highest BCUT2D eigenvalue weighted by Crippen LogP contribution is 2.25. The lowest BCUT2D eigenvalue weighted by Gasteiger charge is -2.13. The van der Waals surface area contributed by atoms with Gasteiger partial charge in [-0.3, -0.25) is 0 Å². The fourth-order valence-electron chi connectivity index (χ4n) is 1.77. The Morgan fingerprint density at radius 3 is 2.00 bits per heavy atom. The summed E-state index contributed by atoms with van der Waals surface area (Å²) in [7, 11) is 1.54. The van der Waals surface area contributed by atoms with Gasteiger partial charge in [0.05, 0.1) is 7.11 Å². The van der Waals surface area contributed by atoms with Crippen LogP contribution in [-0.4, -0.2) is 18.6 Å². The molecule has 2 aromatic rings. The Balaban J connectivity index is 2.01. The lowest BCUT2D eigenvalue weighted by atomic mass is 10.3. The van der Waals surface area contributed by atoms with Gasteiger partial charge in [-0.05, 0) is 36.5 Å². The number of hydrogen-bond donors (Lipinski definition) is 2. The first-order valence-electron chi connectivity index (χ1n) is 6.43. The number of rotatable bonds is 4. The van der Waals surface area contributed by atoms with Crippen molar-refractivity contribution in [2.75, 3.05) is 17.7 Å². The van der Waals surface area contributed by atoms with E-state index in [1.165, 1.54) is 18.2 Å². The van der Waals surface area contributed by atoms with Gasteiger partial charge in [0.15, 0.2) is 5.11 Å². The molecular weight excluding hydrogens is 329 g/mol. The minimum atomic E-state index is -4.74. The molecule has 0 aliphatic heterocycles. The van der Waals surface area contributed by atoms with Crippen LogP contribution in [0, 0.1) is 0 Å². The Hall–Kier alpha value is -2.48. The number of alkyl halides is 3. The highest BCUT2D eigenvalue weighted by molar-refractivity contribution is 7.80. The van der Waals surface area contributed by atoms with E-state index < -0.39 is 6.36 Å². The molecule has 0 unspecified atom stereocenters. The molecule has 4 nitrogen and oxygen atoms in total. The second-order valence-electron chi connectivity index (χ2n) is 4.39. The molecule has 2 aromatic carbocycles. The number of thiocarbonyl (C=S) groups is 1. The maximum absolute atomic E-state index is 12.2. The molecule has 0 radical (unpaired) electrons. The molecule has 8 heteroatoms. The molecule has 2 N–H and O–H groups in total. The minimum absolute atomic E-state index is 0.224. The average Bonchev–Trinajstić information content (AvgIpc) is 2.45. The Morgan fingerprint density at radius 1 is 0.957 bits per heavy atom. The first-order valence-corrected chi connectivity index (χ1v) is 6.84. The van der Waals surface area contributed by atoms with E-state index in [1.54, 1.807) is 37.4 Å². The van der Waals surface area contributed by atoms with E-state index >= 15 is 0 Å². The summed E-state index contributed by atoms with van der Waals surface area (Å²) in [6.07, 6.45) is -4.74. The molecule has 0 aliphatic carbocycles. The van der Waals surface area contributed by atoms with Crippen LogP contribution in [0.15, 0.2) is 48.5 Å². The highest BCUT2D eigenvalue weighted by atomic mass is 32.1. The van der Waals surface area contributed by atoms with Gasteiger partial charge in [-0.15, -0.1) is 13.2 Å². The molecule has 0 atom stereocenters. The molecule has 0 fully saturated rings. The standard InChI is InChI=1S/C15H13F3N2O2S/c1-21-12-6-2-4-10(8-12)19-14(23)20-11-5-3-7-13(9-11)22-15(16,17)18/h2-9H,1H3,(H2,19,20,23). The van der Waals surface area contributed by atoms with Gasteiger partial charge in [-0.25, -0.2) is 0 Å². The first kappa shape index (κ1) is 16.9. The fourth-order valence-corrected chi connectivity index (χ4v) is 2.00. The van der Waals surface area contributed by atoms with Gasteiger partial charge in [-0.2, -0.15) is 0 Å². The molecule has 0 bridgehead atoms. The first-order chi connectivity index (χ1) is 10.9. The Kier molecular flexibility index (Phi) is 5.28. The minimum Gasteiger partial charge on any atom is -0.497 e. The van der Waals surface area contributed by atoms with Crippen molar-refractivity contribution in [1.82, 2.24) is 0 Å². The van der Waals surface area contributed by atoms with E-state index in [0.717, 1.165) is 0 Å². The third kappa shape index (κ3) is 5.67. The van der Waals surface area contributed by atoms with Gasteiger partial charge in [0, 0.05) is 23.5 Å². The summed E-state index contributed by atoms with van der Waals surface area (Å²) in [6.45, 7) is 0. The quantitative estimate of drug-likeness (QED) is 0.806. The van der Waals surface area contributed by atoms with Gasteiger partial charge in [0.1, 0.15) is 11.5 Å². The van der Waals surface area contributed by atoms with E-state index in [0.29, 0.717) is 17.1 Å². The normalized spacial score (nSPS) is 10.8. The summed E-state index contributed by atoms with van der Waals surface area (Å²) >= 11 is 5.12. The van der Waals surface area contributed by atoms with Crippen molar-refractivity contribution < 1.29 is 22.6 Å². The largest absolute Gasteiger partial charge is 0.573 e. The van der Waals surface area contributed by atoms with Gasteiger partial charge in [0.2, 0.25) is 0 Å². The average molecular weight is 342 g/mol. The SMILES string of the molecule is COc1cccc(NC(=S)Nc2cccc(OC(F)(F)F)c2)c1. The van der Waals surface area contributed by atoms with Crippen molar-refractivity contribution in [3.63, 3.8) is 0 Å². The molecule has 23 heavy (non-hydrogen) atoms. The molecular formula is C15H13F3N2O2S. The van der Waals surface area contributed by atoms with Crippen molar-refractivity contribution in [2.45, 2.75) is 6.36 Å². The lowest BCUT2D eigenvalue weighted by Crippen LogP contribution is -2.20. The summed E-state index contributed by atoms with van der Waals surface area (Å²) in [5.74, 6) is 0.324. The van der Waals surface area contributed by atoms with E-state index in [1.807, 2.05) is 0 Å². The second kappa shape index (κ2) is 7.19. The summed E-state index contributed by atoms with van der Waals surface area (Å²) in [5, 5.41) is 5.92. The van der Waals surface area contributed by atoms with E-state index in [-0.39, 0.29) is 10.9 Å². The zero-order valence-electron chi connectivity index (χ0n) is 12.0. The number of ether oxygens (including phenoxy) is 2. The van der Waals surface area contributed by atoms with Crippen LogP contribution in [-0.2, 0) is 0 Å². The number of halogens is 3. The number of hydrogen-bond acceptors (Lipinski definition) is 3. The predicted molar refractivity (Wildman–Crippen MR) is 86.0 cm³/mol. The van der Waals surface area contributed by atoms with Gasteiger partial charge in [-0.1, -0.05) is 12.1 Å². The summed E-state index contributed by atoms with van der Waals surface area (Å²) in [5.41, 5.74) is 1.05. The van der Waals surface area contributed by atoms with Crippen molar-refractivity contribution in [2.24, 2.45) is 0 Å². The monoisotopic (exact) mass is 342 g/mol. The molecule has 0 amide bonds. The maximum atomic E-state index is 12.2. The fraction of sp³-hybridized carbons (Fsp3) is 0.133. The molecule has 0 aliphatic rings. The van der Waals surface area contributed by atoms with Crippen LogP contribution < -0.4 is 20.1 Å². The van der Waals surface area contributed by atoms with Crippen molar-refractivity contribution in [1.29, 1.82) is 0 Å². The van der Waals surface area contributed by atoms with Crippen molar-refractivity contribution in [3.05, 3.63) is 48.5 Å². The molecule has 0 saturated heterocycles. The van der Waals surface area contributed by atoms with E-state index in [9.17, 15) is 13.2 Å². The zero-order chi connectivity index (χ0) is 16.9. The van der Waals surface area contributed by atoms with Crippen molar-refractivity contribution in [3.8, 4) is 11.5 Å². The maximum Gasteiger partial charge on any atom is 0.573 e. The van der Waals surface area contributed by atoms with Gasteiger partial charge < -0.3 is 20.1 Å². The number of nitrogens with one attached hydrogen (secondary N) is 2. The van der Waals surface area contributed by atoms with E-state index in [4.69, 9.17) is 17.0 Å². The Bertz CT molecular complexity index is 692. The molecule has 0 aromatic heterocycles. The highest BCUT2D eigenvalue weighted by Gasteiger charge is 2.31. The lowest BCUT2D eigenvalue weighted by molar-refractivity contribution is -0.274. The molecule has 0 heterocycles. The molecule has 122 valence electrons. The van der Waals surface area contributed by atoms with Crippen LogP contribution >= 0.6 is 12.2 Å². The summed E-state index contributed by atoms with van der Waals surface area (Å²) in [6, 6.07) is 12.5.